The first kappa shape index (κ1) is 14.3. The van der Waals surface area contributed by atoms with Crippen LogP contribution in [0.4, 0.5) is 9.18 Å². The summed E-state index contributed by atoms with van der Waals surface area (Å²) < 4.78 is 18.6. The van der Waals surface area contributed by atoms with Gasteiger partial charge >= 0.3 is 6.09 Å². The minimum atomic E-state index is -0.680. The summed E-state index contributed by atoms with van der Waals surface area (Å²) in [5, 5.41) is 12.0. The maximum atomic E-state index is 13.5. The highest BCUT2D eigenvalue weighted by atomic mass is 19.1. The van der Waals surface area contributed by atoms with Gasteiger partial charge in [0.2, 0.25) is 0 Å². The lowest BCUT2D eigenvalue weighted by Gasteiger charge is -2.22. The molecule has 0 aliphatic heterocycles. The first-order valence-electron chi connectivity index (χ1n) is 5.67. The molecule has 18 heavy (non-hydrogen) atoms. The van der Waals surface area contributed by atoms with Crippen molar-refractivity contribution in [2.75, 3.05) is 0 Å². The Hall–Kier alpha value is -1.78. The predicted molar refractivity (Wildman–Crippen MR) is 65.8 cm³/mol. The molecule has 0 heterocycles. The van der Waals surface area contributed by atoms with Crippen LogP contribution in [0.15, 0.2) is 18.2 Å². The molecule has 5 heteroatoms. The number of hydrogen-bond donors (Lipinski definition) is 2. The van der Waals surface area contributed by atoms with Gasteiger partial charge in [-0.25, -0.2) is 9.18 Å². The maximum Gasteiger partial charge on any atom is 0.408 e. The number of halogens is 1. The van der Waals surface area contributed by atoms with Crippen molar-refractivity contribution in [2.45, 2.75) is 39.3 Å². The number of alkyl carbamates (subject to hydrolysis) is 1. The number of rotatable bonds is 2. The number of phenols is 1. The third-order valence-corrected chi connectivity index (χ3v) is 2.20. The molecule has 0 aliphatic rings. The van der Waals surface area contributed by atoms with Gasteiger partial charge in [-0.15, -0.1) is 0 Å². The van der Waals surface area contributed by atoms with E-state index in [1.807, 2.05) is 0 Å². The van der Waals surface area contributed by atoms with Crippen LogP contribution < -0.4 is 5.32 Å². The van der Waals surface area contributed by atoms with Crippen molar-refractivity contribution in [3.05, 3.63) is 29.6 Å². The molecule has 0 bridgehead atoms. The molecule has 0 spiro atoms. The number of ether oxygens (including phenoxy) is 1. The van der Waals surface area contributed by atoms with E-state index < -0.39 is 23.6 Å². The normalized spacial score (nSPS) is 12.9. The van der Waals surface area contributed by atoms with Crippen molar-refractivity contribution in [2.24, 2.45) is 0 Å². The van der Waals surface area contributed by atoms with Gasteiger partial charge in [0.25, 0.3) is 0 Å². The van der Waals surface area contributed by atoms with Crippen molar-refractivity contribution in [1.82, 2.24) is 5.32 Å². The first-order valence-corrected chi connectivity index (χ1v) is 5.67. The standard InChI is InChI=1S/C13H18FNO3/c1-8(15-12(17)18-13(2,3)4)11-9(14)6-5-7-10(11)16/h5-8,16H,1-4H3,(H,15,17). The largest absolute Gasteiger partial charge is 0.507 e. The van der Waals surface area contributed by atoms with Crippen LogP contribution in [0.5, 0.6) is 5.75 Å². The summed E-state index contributed by atoms with van der Waals surface area (Å²) >= 11 is 0. The summed E-state index contributed by atoms with van der Waals surface area (Å²) in [6, 6.07) is 3.31. The molecular weight excluding hydrogens is 237 g/mol. The lowest BCUT2D eigenvalue weighted by atomic mass is 10.1. The Morgan fingerprint density at radius 2 is 2.06 bits per heavy atom. The van der Waals surface area contributed by atoms with Crippen LogP contribution in [-0.2, 0) is 4.74 Å². The molecule has 0 radical (unpaired) electrons. The zero-order valence-corrected chi connectivity index (χ0v) is 11.0. The molecule has 4 nitrogen and oxygen atoms in total. The highest BCUT2D eigenvalue weighted by Gasteiger charge is 2.21. The quantitative estimate of drug-likeness (QED) is 0.853. The monoisotopic (exact) mass is 255 g/mol. The molecule has 1 aromatic rings. The Labute approximate surface area is 106 Å². The molecule has 2 N–H and O–H groups in total. The molecule has 1 rings (SSSR count). The van der Waals surface area contributed by atoms with Gasteiger partial charge in [-0.2, -0.15) is 0 Å². The van der Waals surface area contributed by atoms with E-state index in [0.29, 0.717) is 0 Å². The molecule has 100 valence electrons. The van der Waals surface area contributed by atoms with Crippen LogP contribution in [0.2, 0.25) is 0 Å². The Morgan fingerprint density at radius 3 is 2.56 bits per heavy atom. The highest BCUT2D eigenvalue weighted by Crippen LogP contribution is 2.26. The molecule has 0 aliphatic carbocycles. The fourth-order valence-electron chi connectivity index (χ4n) is 1.51. The lowest BCUT2D eigenvalue weighted by molar-refractivity contribution is 0.0507. The van der Waals surface area contributed by atoms with Crippen molar-refractivity contribution in [3.63, 3.8) is 0 Å². The van der Waals surface area contributed by atoms with E-state index in [0.717, 1.165) is 0 Å². The number of phenolic OH excluding ortho intramolecular Hbond substituents is 1. The maximum absolute atomic E-state index is 13.5. The minimum absolute atomic E-state index is 0.0448. The summed E-state index contributed by atoms with van der Waals surface area (Å²) in [4.78, 5) is 11.5. The fraction of sp³-hybridized carbons (Fsp3) is 0.462. The number of hydrogen-bond acceptors (Lipinski definition) is 3. The Bertz CT molecular complexity index is 420. The second kappa shape index (κ2) is 5.25. The zero-order valence-electron chi connectivity index (χ0n) is 11.0. The SMILES string of the molecule is CC(NC(=O)OC(C)(C)C)c1c(O)cccc1F. The van der Waals surface area contributed by atoms with Gasteiger partial charge in [-0.3, -0.25) is 0 Å². The van der Waals surface area contributed by atoms with Gasteiger partial charge in [0.1, 0.15) is 17.2 Å². The van der Waals surface area contributed by atoms with E-state index in [1.54, 1.807) is 27.7 Å². The van der Waals surface area contributed by atoms with Crippen LogP contribution in [0.25, 0.3) is 0 Å². The summed E-state index contributed by atoms with van der Waals surface area (Å²) in [6.45, 7) is 6.77. The minimum Gasteiger partial charge on any atom is -0.507 e. The Balaban J connectivity index is 2.77. The van der Waals surface area contributed by atoms with Crippen molar-refractivity contribution >= 4 is 6.09 Å². The highest BCUT2D eigenvalue weighted by molar-refractivity contribution is 5.68. The molecule has 0 saturated heterocycles. The molecule has 1 aromatic carbocycles. The molecule has 0 saturated carbocycles. The molecule has 1 atom stereocenters. The number of amides is 1. The molecule has 0 fully saturated rings. The van der Waals surface area contributed by atoms with Crippen molar-refractivity contribution in [3.8, 4) is 5.75 Å². The second-order valence-electron chi connectivity index (χ2n) is 5.04. The Kier molecular flexibility index (Phi) is 4.16. The topological polar surface area (TPSA) is 58.6 Å². The van der Waals surface area contributed by atoms with E-state index in [1.165, 1.54) is 18.2 Å². The fourth-order valence-corrected chi connectivity index (χ4v) is 1.51. The van der Waals surface area contributed by atoms with E-state index in [-0.39, 0.29) is 11.3 Å². The first-order chi connectivity index (χ1) is 8.20. The molecular formula is C13H18FNO3. The summed E-state index contributed by atoms with van der Waals surface area (Å²) in [5.41, 5.74) is -0.579. The number of carbonyl (C=O) groups excluding carboxylic acids is 1. The molecule has 1 unspecified atom stereocenters. The van der Waals surface area contributed by atoms with Crippen LogP contribution >= 0.6 is 0 Å². The van der Waals surface area contributed by atoms with Gasteiger partial charge in [0.05, 0.1) is 11.6 Å². The smallest absolute Gasteiger partial charge is 0.408 e. The van der Waals surface area contributed by atoms with E-state index in [9.17, 15) is 14.3 Å². The molecule has 0 aromatic heterocycles. The van der Waals surface area contributed by atoms with Crippen LogP contribution in [0, 0.1) is 5.82 Å². The van der Waals surface area contributed by atoms with Crippen molar-refractivity contribution in [1.29, 1.82) is 0 Å². The van der Waals surface area contributed by atoms with E-state index in [2.05, 4.69) is 5.32 Å². The van der Waals surface area contributed by atoms with E-state index >= 15 is 0 Å². The van der Waals surface area contributed by atoms with Gasteiger partial charge < -0.3 is 15.2 Å². The van der Waals surface area contributed by atoms with Crippen LogP contribution in [-0.4, -0.2) is 16.8 Å². The van der Waals surface area contributed by atoms with Crippen molar-refractivity contribution < 1.29 is 19.0 Å². The van der Waals surface area contributed by atoms with Gasteiger partial charge in [0.15, 0.2) is 0 Å². The van der Waals surface area contributed by atoms with Crippen LogP contribution in [0.3, 0.4) is 0 Å². The van der Waals surface area contributed by atoms with Gasteiger partial charge in [-0.1, -0.05) is 6.07 Å². The predicted octanol–water partition coefficient (Wildman–Crippen LogP) is 3.12. The summed E-state index contributed by atoms with van der Waals surface area (Å²) in [6.07, 6.45) is -0.655. The number of benzene rings is 1. The lowest BCUT2D eigenvalue weighted by Crippen LogP contribution is -2.34. The average molecular weight is 255 g/mol. The number of aromatic hydroxyl groups is 1. The van der Waals surface area contributed by atoms with Gasteiger partial charge in [-0.05, 0) is 39.8 Å². The third-order valence-electron chi connectivity index (χ3n) is 2.20. The average Bonchev–Trinajstić information content (AvgIpc) is 2.13. The second-order valence-corrected chi connectivity index (χ2v) is 5.04. The summed E-state index contributed by atoms with van der Waals surface area (Å²) in [7, 11) is 0. The van der Waals surface area contributed by atoms with E-state index in [4.69, 9.17) is 4.74 Å². The number of carbonyl (C=O) groups is 1. The zero-order chi connectivity index (χ0) is 13.9. The van der Waals surface area contributed by atoms with Gasteiger partial charge in [0, 0.05) is 0 Å². The van der Waals surface area contributed by atoms with Crippen LogP contribution in [0.1, 0.15) is 39.3 Å². The Morgan fingerprint density at radius 1 is 1.44 bits per heavy atom. The third kappa shape index (κ3) is 3.91. The summed E-state index contributed by atoms with van der Waals surface area (Å²) in [5.74, 6) is -0.767. The molecule has 1 amide bonds. The number of nitrogens with one attached hydrogen (secondary N) is 1.